The molecule has 1 aliphatic heterocycles. The summed E-state index contributed by atoms with van der Waals surface area (Å²) in [6.07, 6.45) is 5.45. The van der Waals surface area contributed by atoms with Crippen molar-refractivity contribution in [2.45, 2.75) is 26.2 Å². The minimum Gasteiger partial charge on any atom is -0.491 e. The molecule has 0 saturated carbocycles. The molecular weight excluding hydrogens is 345 g/mol. The lowest BCUT2D eigenvalue weighted by atomic mass is 10.1. The second-order valence-corrected chi connectivity index (χ2v) is 6.72. The van der Waals surface area contributed by atoms with Crippen molar-refractivity contribution >= 4 is 11.3 Å². The molecule has 2 aromatic heterocycles. The van der Waals surface area contributed by atoms with Crippen molar-refractivity contribution in [1.29, 1.82) is 0 Å². The van der Waals surface area contributed by atoms with E-state index in [4.69, 9.17) is 4.74 Å². The van der Waals surface area contributed by atoms with Gasteiger partial charge in [0.15, 0.2) is 11.6 Å². The molecule has 0 unspecified atom stereocenters. The molecule has 1 aliphatic rings. The molecule has 1 fully saturated rings. The van der Waals surface area contributed by atoms with Crippen molar-refractivity contribution in [2.24, 2.45) is 0 Å². The highest BCUT2D eigenvalue weighted by atomic mass is 19.1. The van der Waals surface area contributed by atoms with Gasteiger partial charge in [0.2, 0.25) is 0 Å². The molecule has 27 heavy (non-hydrogen) atoms. The van der Waals surface area contributed by atoms with E-state index in [1.54, 1.807) is 23.5 Å². The quantitative estimate of drug-likeness (QED) is 0.702. The summed E-state index contributed by atoms with van der Waals surface area (Å²) < 4.78 is 20.9. The number of piperidine rings is 1. The Kier molecular flexibility index (Phi) is 4.79. The molecule has 6 heteroatoms. The highest BCUT2D eigenvalue weighted by molar-refractivity contribution is 5.63. The SMILES string of the molecule is CCOc1ccc(-c2cc(=O)n3cc(N4CCCCC4)ccc3n2)cc1F. The summed E-state index contributed by atoms with van der Waals surface area (Å²) >= 11 is 0. The first-order valence-corrected chi connectivity index (χ1v) is 9.37. The van der Waals surface area contributed by atoms with Crippen molar-refractivity contribution in [3.8, 4) is 17.0 Å². The van der Waals surface area contributed by atoms with Crippen LogP contribution in [0.2, 0.25) is 0 Å². The van der Waals surface area contributed by atoms with Gasteiger partial charge in [0, 0.05) is 30.9 Å². The Hall–Kier alpha value is -2.89. The number of fused-ring (bicyclic) bond motifs is 1. The van der Waals surface area contributed by atoms with Gasteiger partial charge in [-0.2, -0.15) is 0 Å². The lowest BCUT2D eigenvalue weighted by Crippen LogP contribution is -2.30. The third-order valence-corrected chi connectivity index (χ3v) is 4.89. The maximum Gasteiger partial charge on any atom is 0.258 e. The van der Waals surface area contributed by atoms with E-state index < -0.39 is 5.82 Å². The number of hydrogen-bond donors (Lipinski definition) is 0. The standard InChI is InChI=1S/C21H22FN3O2/c1-2-27-19-8-6-15(12-17(19)22)18-13-21(26)25-14-16(7-9-20(25)23-18)24-10-4-3-5-11-24/h6-9,12-14H,2-5,10-11H2,1H3. The van der Waals surface area contributed by atoms with E-state index in [1.807, 2.05) is 18.3 Å². The number of nitrogens with zero attached hydrogens (tertiary/aromatic N) is 3. The van der Waals surface area contributed by atoms with Crippen LogP contribution < -0.4 is 15.2 Å². The Labute approximate surface area is 157 Å². The average Bonchev–Trinajstić information content (AvgIpc) is 2.70. The minimum atomic E-state index is -0.461. The molecule has 0 aliphatic carbocycles. The van der Waals surface area contributed by atoms with Gasteiger partial charge >= 0.3 is 0 Å². The molecule has 0 bridgehead atoms. The molecule has 3 aromatic rings. The van der Waals surface area contributed by atoms with E-state index in [0.29, 0.717) is 23.5 Å². The lowest BCUT2D eigenvalue weighted by Gasteiger charge is -2.28. The number of aromatic nitrogens is 2. The molecule has 5 nitrogen and oxygen atoms in total. The number of benzene rings is 1. The first kappa shape index (κ1) is 17.5. The number of halogens is 1. The number of pyridine rings is 1. The Morgan fingerprint density at radius 2 is 1.93 bits per heavy atom. The summed E-state index contributed by atoms with van der Waals surface area (Å²) in [6, 6.07) is 9.93. The predicted molar refractivity (Wildman–Crippen MR) is 104 cm³/mol. The highest BCUT2D eigenvalue weighted by Crippen LogP contribution is 2.25. The minimum absolute atomic E-state index is 0.178. The Bertz CT molecular complexity index is 1030. The number of hydrogen-bond acceptors (Lipinski definition) is 4. The van der Waals surface area contributed by atoms with Gasteiger partial charge < -0.3 is 9.64 Å². The van der Waals surface area contributed by atoms with Gasteiger partial charge in [-0.05, 0) is 56.5 Å². The Morgan fingerprint density at radius 3 is 2.67 bits per heavy atom. The number of rotatable bonds is 4. The van der Waals surface area contributed by atoms with Gasteiger partial charge in [-0.1, -0.05) is 0 Å². The average molecular weight is 367 g/mol. The molecule has 1 aromatic carbocycles. The first-order valence-electron chi connectivity index (χ1n) is 9.37. The summed E-state index contributed by atoms with van der Waals surface area (Å²) in [5.41, 5.74) is 2.41. The van der Waals surface area contributed by atoms with E-state index in [9.17, 15) is 9.18 Å². The fourth-order valence-corrected chi connectivity index (χ4v) is 3.51. The Balaban J connectivity index is 1.71. The van der Waals surface area contributed by atoms with Crippen LogP contribution in [0.4, 0.5) is 10.1 Å². The van der Waals surface area contributed by atoms with E-state index in [1.165, 1.54) is 31.4 Å². The fourth-order valence-electron chi connectivity index (χ4n) is 3.51. The van der Waals surface area contributed by atoms with Crippen LogP contribution in [0.1, 0.15) is 26.2 Å². The maximum absolute atomic E-state index is 14.2. The van der Waals surface area contributed by atoms with Gasteiger partial charge in [0.25, 0.3) is 5.56 Å². The summed E-state index contributed by atoms with van der Waals surface area (Å²) in [4.78, 5) is 19.5. The maximum atomic E-state index is 14.2. The zero-order chi connectivity index (χ0) is 18.8. The lowest BCUT2D eigenvalue weighted by molar-refractivity contribution is 0.321. The van der Waals surface area contributed by atoms with E-state index in [-0.39, 0.29) is 11.3 Å². The van der Waals surface area contributed by atoms with Crippen molar-refractivity contribution in [3.63, 3.8) is 0 Å². The fraction of sp³-hybridized carbons (Fsp3) is 0.333. The molecule has 0 N–H and O–H groups in total. The van der Waals surface area contributed by atoms with Crippen LogP contribution >= 0.6 is 0 Å². The van der Waals surface area contributed by atoms with Gasteiger partial charge in [0.05, 0.1) is 18.0 Å². The zero-order valence-corrected chi connectivity index (χ0v) is 15.3. The van der Waals surface area contributed by atoms with Crippen LogP contribution in [-0.4, -0.2) is 29.1 Å². The molecular formula is C21H22FN3O2. The molecule has 0 radical (unpaired) electrons. The normalized spacial score (nSPS) is 14.5. The molecule has 140 valence electrons. The van der Waals surface area contributed by atoms with E-state index in [0.717, 1.165) is 18.8 Å². The van der Waals surface area contributed by atoms with Crippen LogP contribution in [0.15, 0.2) is 47.4 Å². The predicted octanol–water partition coefficient (Wildman–Crippen LogP) is 3.89. The van der Waals surface area contributed by atoms with Crippen LogP contribution in [0.5, 0.6) is 5.75 Å². The largest absolute Gasteiger partial charge is 0.491 e. The summed E-state index contributed by atoms with van der Waals surface area (Å²) in [6.45, 7) is 4.22. The summed E-state index contributed by atoms with van der Waals surface area (Å²) in [7, 11) is 0. The van der Waals surface area contributed by atoms with Crippen molar-refractivity contribution in [1.82, 2.24) is 9.38 Å². The van der Waals surface area contributed by atoms with Crippen LogP contribution in [0, 0.1) is 5.82 Å². The molecule has 0 atom stereocenters. The van der Waals surface area contributed by atoms with E-state index >= 15 is 0 Å². The smallest absolute Gasteiger partial charge is 0.258 e. The molecule has 0 spiro atoms. The third kappa shape index (κ3) is 3.52. The number of anilines is 1. The summed E-state index contributed by atoms with van der Waals surface area (Å²) in [5, 5.41) is 0. The highest BCUT2D eigenvalue weighted by Gasteiger charge is 2.13. The van der Waals surface area contributed by atoms with E-state index in [2.05, 4.69) is 9.88 Å². The first-order chi connectivity index (χ1) is 13.2. The van der Waals surface area contributed by atoms with Crippen molar-refractivity contribution in [2.75, 3.05) is 24.6 Å². The van der Waals surface area contributed by atoms with Gasteiger partial charge in [0.1, 0.15) is 5.65 Å². The van der Waals surface area contributed by atoms with Gasteiger partial charge in [-0.15, -0.1) is 0 Å². The molecule has 1 saturated heterocycles. The van der Waals surface area contributed by atoms with Crippen molar-refractivity contribution < 1.29 is 9.13 Å². The number of ether oxygens (including phenoxy) is 1. The van der Waals surface area contributed by atoms with Gasteiger partial charge in [-0.3, -0.25) is 9.20 Å². The van der Waals surface area contributed by atoms with Crippen LogP contribution in [0.25, 0.3) is 16.9 Å². The second-order valence-electron chi connectivity index (χ2n) is 6.72. The van der Waals surface area contributed by atoms with Gasteiger partial charge in [-0.25, -0.2) is 9.37 Å². The van der Waals surface area contributed by atoms with Crippen LogP contribution in [-0.2, 0) is 0 Å². The Morgan fingerprint density at radius 1 is 1.11 bits per heavy atom. The van der Waals surface area contributed by atoms with Crippen LogP contribution in [0.3, 0.4) is 0 Å². The zero-order valence-electron chi connectivity index (χ0n) is 15.3. The molecule has 4 rings (SSSR count). The topological polar surface area (TPSA) is 46.8 Å². The summed E-state index contributed by atoms with van der Waals surface area (Å²) in [5.74, 6) is -0.262. The monoisotopic (exact) mass is 367 g/mol. The third-order valence-electron chi connectivity index (χ3n) is 4.89. The second kappa shape index (κ2) is 7.39. The molecule has 3 heterocycles. The molecule has 0 amide bonds. The van der Waals surface area contributed by atoms with Crippen molar-refractivity contribution in [3.05, 3.63) is 58.8 Å².